The molecule has 1 aromatic heterocycles. The minimum Gasteiger partial charge on any atom is -0.484 e. The molecule has 100 valence electrons. The maximum absolute atomic E-state index is 11.5. The van der Waals surface area contributed by atoms with Gasteiger partial charge in [-0.15, -0.1) is 0 Å². The van der Waals surface area contributed by atoms with Crippen molar-refractivity contribution in [3.8, 4) is 5.75 Å². The molecule has 2 rings (SSSR count). The first-order chi connectivity index (χ1) is 9.15. The van der Waals surface area contributed by atoms with Gasteiger partial charge in [0.1, 0.15) is 5.75 Å². The monoisotopic (exact) mass is 299 g/mol. The van der Waals surface area contributed by atoms with Crippen molar-refractivity contribution >= 4 is 29.1 Å². The van der Waals surface area contributed by atoms with E-state index in [4.69, 9.17) is 27.9 Å². The molecule has 5 nitrogen and oxygen atoms in total. The summed E-state index contributed by atoms with van der Waals surface area (Å²) in [5, 5.41) is 3.52. The average Bonchev–Trinajstić information content (AvgIpc) is 2.91. The molecule has 0 saturated heterocycles. The molecule has 0 aliphatic carbocycles. The fraction of sp³-hybridized carbons (Fsp3) is 0.167. The maximum Gasteiger partial charge on any atom is 0.258 e. The van der Waals surface area contributed by atoms with Crippen LogP contribution in [-0.4, -0.2) is 22.5 Å². The second-order valence-corrected chi connectivity index (χ2v) is 4.53. The Morgan fingerprint density at radius 3 is 2.89 bits per heavy atom. The number of nitrogens with one attached hydrogen (secondary N) is 2. The van der Waals surface area contributed by atoms with Gasteiger partial charge in [-0.05, 0) is 12.1 Å². The van der Waals surface area contributed by atoms with Crippen LogP contribution in [0.2, 0.25) is 10.0 Å². The number of rotatable bonds is 5. The van der Waals surface area contributed by atoms with Gasteiger partial charge in [0.2, 0.25) is 0 Å². The highest BCUT2D eigenvalue weighted by Gasteiger charge is 2.05. The highest BCUT2D eigenvalue weighted by atomic mass is 35.5. The van der Waals surface area contributed by atoms with Crippen LogP contribution in [0.1, 0.15) is 5.69 Å². The first-order valence-electron chi connectivity index (χ1n) is 5.47. The molecule has 1 heterocycles. The third-order valence-corrected chi connectivity index (χ3v) is 3.03. The van der Waals surface area contributed by atoms with E-state index in [0.717, 1.165) is 5.69 Å². The van der Waals surface area contributed by atoms with E-state index in [9.17, 15) is 4.79 Å². The SMILES string of the molecule is O=C(COc1ccc(Cl)c(Cl)c1)NCc1cnc[nH]1. The van der Waals surface area contributed by atoms with E-state index < -0.39 is 0 Å². The Balaban J connectivity index is 1.78. The van der Waals surface area contributed by atoms with Crippen LogP contribution >= 0.6 is 23.2 Å². The summed E-state index contributed by atoms with van der Waals surface area (Å²) in [6.07, 6.45) is 3.19. The number of ether oxygens (including phenoxy) is 1. The lowest BCUT2D eigenvalue weighted by Gasteiger charge is -2.07. The summed E-state index contributed by atoms with van der Waals surface area (Å²) in [5.74, 6) is 0.256. The largest absolute Gasteiger partial charge is 0.484 e. The minimum atomic E-state index is -0.235. The van der Waals surface area contributed by atoms with Crippen LogP contribution in [0.3, 0.4) is 0 Å². The Hall–Kier alpha value is -1.72. The molecule has 0 spiro atoms. The van der Waals surface area contributed by atoms with Gasteiger partial charge in [0.15, 0.2) is 6.61 Å². The predicted molar refractivity (Wildman–Crippen MR) is 72.4 cm³/mol. The molecule has 0 atom stereocenters. The number of carbonyl (C=O) groups excluding carboxylic acids is 1. The molecule has 19 heavy (non-hydrogen) atoms. The molecule has 1 aromatic carbocycles. The molecule has 0 saturated carbocycles. The Kier molecular flexibility index (Phi) is 4.65. The Bertz CT molecular complexity index is 558. The summed E-state index contributed by atoms with van der Waals surface area (Å²) in [6.45, 7) is 0.287. The highest BCUT2D eigenvalue weighted by Crippen LogP contribution is 2.26. The van der Waals surface area contributed by atoms with E-state index >= 15 is 0 Å². The van der Waals surface area contributed by atoms with Crippen LogP contribution in [0.5, 0.6) is 5.75 Å². The molecule has 0 aliphatic rings. The molecule has 7 heteroatoms. The molecule has 2 N–H and O–H groups in total. The third-order valence-electron chi connectivity index (χ3n) is 2.29. The molecule has 0 unspecified atom stereocenters. The number of aromatic nitrogens is 2. The van der Waals surface area contributed by atoms with E-state index in [1.54, 1.807) is 30.7 Å². The van der Waals surface area contributed by atoms with Crippen LogP contribution in [0, 0.1) is 0 Å². The number of nitrogens with zero attached hydrogens (tertiary/aromatic N) is 1. The molecule has 0 aliphatic heterocycles. The number of H-pyrrole nitrogens is 1. The topological polar surface area (TPSA) is 67.0 Å². The second kappa shape index (κ2) is 6.45. The smallest absolute Gasteiger partial charge is 0.258 e. The fourth-order valence-electron chi connectivity index (χ4n) is 1.34. The van der Waals surface area contributed by atoms with E-state index in [1.807, 2.05) is 0 Å². The lowest BCUT2D eigenvalue weighted by Crippen LogP contribution is -2.28. The normalized spacial score (nSPS) is 10.2. The van der Waals surface area contributed by atoms with Crippen molar-refractivity contribution in [3.05, 3.63) is 46.5 Å². The van der Waals surface area contributed by atoms with E-state index in [-0.39, 0.29) is 12.5 Å². The lowest BCUT2D eigenvalue weighted by molar-refractivity contribution is -0.123. The molecular formula is C12H11Cl2N3O2. The zero-order valence-electron chi connectivity index (χ0n) is 9.82. The number of hydrogen-bond donors (Lipinski definition) is 2. The number of carbonyl (C=O) groups is 1. The molecule has 1 amide bonds. The van der Waals surface area contributed by atoms with Gasteiger partial charge in [-0.2, -0.15) is 0 Å². The molecule has 0 fully saturated rings. The van der Waals surface area contributed by atoms with Gasteiger partial charge in [0.05, 0.1) is 28.6 Å². The molecular weight excluding hydrogens is 289 g/mol. The zero-order valence-corrected chi connectivity index (χ0v) is 11.3. The lowest BCUT2D eigenvalue weighted by atomic mass is 10.3. The average molecular weight is 300 g/mol. The zero-order chi connectivity index (χ0) is 13.7. The van der Waals surface area contributed by atoms with Gasteiger partial charge in [-0.1, -0.05) is 23.2 Å². The summed E-state index contributed by atoms with van der Waals surface area (Å²) in [7, 11) is 0. The third kappa shape index (κ3) is 4.15. The fourth-order valence-corrected chi connectivity index (χ4v) is 1.63. The number of imidazole rings is 1. The van der Waals surface area contributed by atoms with Gasteiger partial charge in [-0.25, -0.2) is 4.98 Å². The molecule has 0 bridgehead atoms. The van der Waals surface area contributed by atoms with Gasteiger partial charge in [-0.3, -0.25) is 4.79 Å². The standard InChI is InChI=1S/C12H11Cl2N3O2/c13-10-2-1-9(3-11(10)14)19-6-12(18)16-5-8-4-15-7-17-8/h1-4,7H,5-6H2,(H,15,17)(H,16,18). The second-order valence-electron chi connectivity index (χ2n) is 3.72. The first kappa shape index (κ1) is 13.7. The van der Waals surface area contributed by atoms with Crippen molar-refractivity contribution in [2.75, 3.05) is 6.61 Å². The van der Waals surface area contributed by atoms with Crippen molar-refractivity contribution in [1.82, 2.24) is 15.3 Å². The van der Waals surface area contributed by atoms with Crippen LogP contribution in [0.25, 0.3) is 0 Å². The maximum atomic E-state index is 11.5. The summed E-state index contributed by atoms with van der Waals surface area (Å²) in [5.41, 5.74) is 0.822. The van der Waals surface area contributed by atoms with Crippen molar-refractivity contribution in [2.24, 2.45) is 0 Å². The molecule has 2 aromatic rings. The Morgan fingerprint density at radius 1 is 1.37 bits per heavy atom. The number of aromatic amines is 1. The number of benzene rings is 1. The summed E-state index contributed by atoms with van der Waals surface area (Å²) in [4.78, 5) is 18.3. The Labute approximate surface area is 119 Å². The minimum absolute atomic E-state index is 0.0912. The van der Waals surface area contributed by atoms with Gasteiger partial charge in [0.25, 0.3) is 5.91 Å². The van der Waals surface area contributed by atoms with E-state index in [1.165, 1.54) is 0 Å². The van der Waals surface area contributed by atoms with Gasteiger partial charge < -0.3 is 15.0 Å². The van der Waals surface area contributed by atoms with Crippen molar-refractivity contribution in [1.29, 1.82) is 0 Å². The van der Waals surface area contributed by atoms with Crippen LogP contribution < -0.4 is 10.1 Å². The van der Waals surface area contributed by atoms with E-state index in [0.29, 0.717) is 22.3 Å². The van der Waals surface area contributed by atoms with Crippen molar-refractivity contribution in [2.45, 2.75) is 6.54 Å². The van der Waals surface area contributed by atoms with Crippen molar-refractivity contribution < 1.29 is 9.53 Å². The van der Waals surface area contributed by atoms with Crippen LogP contribution in [0.15, 0.2) is 30.7 Å². The Morgan fingerprint density at radius 2 is 2.21 bits per heavy atom. The molecule has 0 radical (unpaired) electrons. The summed E-state index contributed by atoms with van der Waals surface area (Å²) in [6, 6.07) is 4.82. The number of amides is 1. The van der Waals surface area contributed by atoms with Gasteiger partial charge in [0, 0.05) is 12.3 Å². The highest BCUT2D eigenvalue weighted by molar-refractivity contribution is 6.42. The summed E-state index contributed by atoms with van der Waals surface area (Å²) < 4.78 is 5.29. The quantitative estimate of drug-likeness (QED) is 0.891. The number of halogens is 2. The predicted octanol–water partition coefficient (Wildman–Crippen LogP) is 2.41. The first-order valence-corrected chi connectivity index (χ1v) is 6.22. The van der Waals surface area contributed by atoms with Crippen LogP contribution in [-0.2, 0) is 11.3 Å². The number of hydrogen-bond acceptors (Lipinski definition) is 3. The summed E-state index contributed by atoms with van der Waals surface area (Å²) >= 11 is 11.6. The van der Waals surface area contributed by atoms with Crippen molar-refractivity contribution in [3.63, 3.8) is 0 Å². The van der Waals surface area contributed by atoms with Crippen LogP contribution in [0.4, 0.5) is 0 Å². The van der Waals surface area contributed by atoms with Gasteiger partial charge >= 0.3 is 0 Å². The van der Waals surface area contributed by atoms with E-state index in [2.05, 4.69) is 15.3 Å².